The number of rotatable bonds is 3. The van der Waals surface area contributed by atoms with Crippen LogP contribution in [0.2, 0.25) is 0 Å². The van der Waals surface area contributed by atoms with E-state index in [0.29, 0.717) is 17.4 Å². The number of benzene rings is 1. The van der Waals surface area contributed by atoms with Crippen molar-refractivity contribution in [3.8, 4) is 0 Å². The summed E-state index contributed by atoms with van der Waals surface area (Å²) in [6, 6.07) is 3.57. The van der Waals surface area contributed by atoms with Crippen molar-refractivity contribution in [2.24, 2.45) is 23.0 Å². The lowest BCUT2D eigenvalue weighted by atomic mass is 9.43. The van der Waals surface area contributed by atoms with Crippen molar-refractivity contribution in [3.05, 3.63) is 35.4 Å². The summed E-state index contributed by atoms with van der Waals surface area (Å²) in [5.41, 5.74) is 6.59. The van der Waals surface area contributed by atoms with Gasteiger partial charge in [0.1, 0.15) is 11.6 Å². The van der Waals surface area contributed by atoms with Gasteiger partial charge in [-0.1, -0.05) is 19.9 Å². The van der Waals surface area contributed by atoms with Crippen LogP contribution in [0.15, 0.2) is 18.2 Å². The van der Waals surface area contributed by atoms with Crippen LogP contribution in [0.4, 0.5) is 8.78 Å². The monoisotopic (exact) mass is 335 g/mol. The van der Waals surface area contributed by atoms with E-state index in [1.807, 2.05) is 0 Å². The quantitative estimate of drug-likeness (QED) is 0.864. The van der Waals surface area contributed by atoms with Gasteiger partial charge in [0.15, 0.2) is 0 Å². The summed E-state index contributed by atoms with van der Waals surface area (Å²) in [6.07, 6.45) is 2.49. The lowest BCUT2D eigenvalue weighted by Gasteiger charge is -2.64. The van der Waals surface area contributed by atoms with Crippen molar-refractivity contribution in [1.82, 2.24) is 0 Å². The maximum atomic E-state index is 13.9. The second-order valence-electron chi connectivity index (χ2n) is 8.44. The molecular weight excluding hydrogens is 311 g/mol. The number of nitrogens with two attached hydrogens (primary N) is 1. The zero-order valence-corrected chi connectivity index (χ0v) is 14.4. The third-order valence-electron chi connectivity index (χ3n) is 6.79. The fourth-order valence-corrected chi connectivity index (χ4v) is 5.12. The fourth-order valence-electron chi connectivity index (χ4n) is 5.12. The molecule has 130 valence electrons. The van der Waals surface area contributed by atoms with Gasteiger partial charge >= 0.3 is 7.12 Å². The van der Waals surface area contributed by atoms with Gasteiger partial charge in [0.25, 0.3) is 0 Å². The first-order chi connectivity index (χ1) is 11.2. The Hall–Kier alpha value is -0.975. The van der Waals surface area contributed by atoms with Crippen molar-refractivity contribution in [2.75, 3.05) is 0 Å². The summed E-state index contributed by atoms with van der Waals surface area (Å²) in [5, 5.41) is 0. The van der Waals surface area contributed by atoms with Gasteiger partial charge < -0.3 is 15.0 Å². The second-order valence-corrected chi connectivity index (χ2v) is 8.44. The summed E-state index contributed by atoms with van der Waals surface area (Å²) >= 11 is 0. The third kappa shape index (κ3) is 2.26. The number of hydrogen-bond donors (Lipinski definition) is 1. The van der Waals surface area contributed by atoms with Gasteiger partial charge in [-0.25, -0.2) is 8.78 Å². The molecule has 0 aromatic heterocycles. The smallest absolute Gasteiger partial charge is 0.404 e. The molecule has 0 spiro atoms. The van der Waals surface area contributed by atoms with Crippen molar-refractivity contribution < 1.29 is 18.1 Å². The van der Waals surface area contributed by atoms with E-state index in [2.05, 4.69) is 20.8 Å². The van der Waals surface area contributed by atoms with Crippen molar-refractivity contribution in [2.45, 2.75) is 57.7 Å². The average molecular weight is 335 g/mol. The molecule has 1 aromatic rings. The molecule has 0 amide bonds. The number of halogens is 2. The van der Waals surface area contributed by atoms with Gasteiger partial charge in [-0.3, -0.25) is 0 Å². The van der Waals surface area contributed by atoms with Crippen molar-refractivity contribution in [1.29, 1.82) is 0 Å². The van der Waals surface area contributed by atoms with Crippen LogP contribution in [0.1, 0.15) is 39.2 Å². The van der Waals surface area contributed by atoms with Gasteiger partial charge in [0.05, 0.1) is 11.7 Å². The maximum absolute atomic E-state index is 13.9. The van der Waals surface area contributed by atoms with E-state index >= 15 is 0 Å². The minimum Gasteiger partial charge on any atom is -0.404 e. The Morgan fingerprint density at radius 1 is 1.29 bits per heavy atom. The highest BCUT2D eigenvalue weighted by molar-refractivity contribution is 6.47. The summed E-state index contributed by atoms with van der Waals surface area (Å²) in [5.74, 6) is -0.496. The molecule has 1 aromatic carbocycles. The lowest BCUT2D eigenvalue weighted by molar-refractivity contribution is -0.199. The first-order valence-corrected chi connectivity index (χ1v) is 8.74. The van der Waals surface area contributed by atoms with E-state index in [9.17, 15) is 8.78 Å². The first kappa shape index (κ1) is 16.5. The Bertz CT molecular complexity index is 670. The van der Waals surface area contributed by atoms with E-state index in [4.69, 9.17) is 15.0 Å². The Morgan fingerprint density at radius 2 is 2.04 bits per heavy atom. The minimum atomic E-state index is -0.585. The van der Waals surface area contributed by atoms with E-state index in [1.165, 1.54) is 18.6 Å². The highest BCUT2D eigenvalue weighted by Gasteiger charge is 2.68. The predicted octanol–water partition coefficient (Wildman–Crippen LogP) is 3.10. The first-order valence-electron chi connectivity index (χ1n) is 8.74. The molecular formula is C18H24BF2NO2. The van der Waals surface area contributed by atoms with Gasteiger partial charge in [-0.05, 0) is 55.1 Å². The summed E-state index contributed by atoms with van der Waals surface area (Å²) in [6.45, 7) is 6.74. The Kier molecular flexibility index (Phi) is 3.61. The van der Waals surface area contributed by atoms with E-state index < -0.39 is 24.7 Å². The molecule has 3 saturated carbocycles. The van der Waals surface area contributed by atoms with E-state index in [0.717, 1.165) is 12.5 Å². The van der Waals surface area contributed by atoms with Crippen LogP contribution in [-0.2, 0) is 15.7 Å². The van der Waals surface area contributed by atoms with Crippen LogP contribution in [-0.4, -0.2) is 24.8 Å². The van der Waals surface area contributed by atoms with Crippen molar-refractivity contribution >= 4 is 7.12 Å². The predicted molar refractivity (Wildman–Crippen MR) is 88.1 cm³/mol. The molecule has 6 heteroatoms. The third-order valence-corrected chi connectivity index (χ3v) is 6.79. The van der Waals surface area contributed by atoms with Crippen LogP contribution in [0.3, 0.4) is 0 Å². The van der Waals surface area contributed by atoms with Gasteiger partial charge in [-0.2, -0.15) is 0 Å². The van der Waals surface area contributed by atoms with Gasteiger partial charge in [0.2, 0.25) is 0 Å². The molecule has 5 rings (SSSR count). The molecule has 2 bridgehead atoms. The number of hydrogen-bond acceptors (Lipinski definition) is 3. The molecule has 1 saturated heterocycles. The molecule has 1 heterocycles. The second kappa shape index (κ2) is 5.26. The Balaban J connectivity index is 1.48. The Labute approximate surface area is 142 Å². The molecule has 3 nitrogen and oxygen atoms in total. The standard InChI is InChI=1S/C18H24BF2NO2/c1-17(2)11-7-14(17)18(3)15(8-11)23-19(24-18)16(22)6-10-4-5-12(20)9-13(10)21/h4-5,9,11,14-16H,6-8,22H2,1-3H3/t11-,14-,15+,16-,18-/m0/s1. The molecule has 1 aliphatic heterocycles. The molecule has 4 fully saturated rings. The zero-order chi connectivity index (χ0) is 17.3. The molecule has 4 aliphatic rings. The van der Waals surface area contributed by atoms with E-state index in [1.54, 1.807) is 0 Å². The molecule has 3 aliphatic carbocycles. The van der Waals surface area contributed by atoms with Crippen LogP contribution < -0.4 is 5.73 Å². The van der Waals surface area contributed by atoms with E-state index in [-0.39, 0.29) is 23.5 Å². The molecule has 2 N–H and O–H groups in total. The van der Waals surface area contributed by atoms with Gasteiger partial charge in [-0.15, -0.1) is 0 Å². The molecule has 0 unspecified atom stereocenters. The molecule has 0 radical (unpaired) electrons. The van der Waals surface area contributed by atoms with Crippen LogP contribution in [0.25, 0.3) is 0 Å². The lowest BCUT2D eigenvalue weighted by Crippen LogP contribution is -2.65. The summed E-state index contributed by atoms with van der Waals surface area (Å²) in [4.78, 5) is 0. The van der Waals surface area contributed by atoms with Crippen LogP contribution in [0.5, 0.6) is 0 Å². The SMILES string of the molecule is CC1(C)[C@@H]2C[C@H]3OB([C@@H](N)Cc4ccc(F)cc4F)O[C@@]3(C)[C@H]1C2. The Morgan fingerprint density at radius 3 is 2.71 bits per heavy atom. The maximum Gasteiger partial charge on any atom is 0.475 e. The highest BCUT2D eigenvalue weighted by atomic mass is 19.1. The normalized spacial score (nSPS) is 37.8. The molecule has 5 atom stereocenters. The minimum absolute atomic E-state index is 0.0587. The molecule has 24 heavy (non-hydrogen) atoms. The largest absolute Gasteiger partial charge is 0.475 e. The summed E-state index contributed by atoms with van der Waals surface area (Å²) in [7, 11) is -0.542. The topological polar surface area (TPSA) is 44.5 Å². The van der Waals surface area contributed by atoms with Crippen molar-refractivity contribution in [3.63, 3.8) is 0 Å². The fraction of sp³-hybridized carbons (Fsp3) is 0.667. The highest BCUT2D eigenvalue weighted by Crippen LogP contribution is 2.65. The van der Waals surface area contributed by atoms with Crippen LogP contribution in [0, 0.1) is 28.9 Å². The average Bonchev–Trinajstić information content (AvgIpc) is 2.86. The van der Waals surface area contributed by atoms with Crippen LogP contribution >= 0.6 is 0 Å². The summed E-state index contributed by atoms with van der Waals surface area (Å²) < 4.78 is 39.3. The van der Waals surface area contributed by atoms with Gasteiger partial charge in [0, 0.05) is 12.0 Å². The zero-order valence-electron chi connectivity index (χ0n) is 14.4.